The predicted molar refractivity (Wildman–Crippen MR) is 99.1 cm³/mol. The smallest absolute Gasteiger partial charge is 0.147 e. The number of benzene rings is 1. The van der Waals surface area contributed by atoms with Crippen LogP contribution in [0, 0.1) is 0 Å². The van der Waals surface area contributed by atoms with Gasteiger partial charge in [0, 0.05) is 0 Å². The second-order valence-electron chi connectivity index (χ2n) is 5.82. The van der Waals surface area contributed by atoms with Gasteiger partial charge < -0.3 is 0 Å². The predicted octanol–water partition coefficient (Wildman–Crippen LogP) is 5.71. The largest absolute Gasteiger partial charge is 0.147 e. The maximum Gasteiger partial charge on any atom is -0.147 e. The summed E-state index contributed by atoms with van der Waals surface area (Å²) >= 11 is -0.658. The third-order valence-electron chi connectivity index (χ3n) is 4.23. The molecule has 0 nitrogen and oxygen atoms in total. The molecule has 117 valence electrons. The number of halogens is 2. The van der Waals surface area contributed by atoms with E-state index >= 15 is 0 Å². The van der Waals surface area contributed by atoms with Gasteiger partial charge in [0.15, 0.2) is 0 Å². The first-order chi connectivity index (χ1) is 9.67. The van der Waals surface area contributed by atoms with Crippen molar-refractivity contribution in [3.63, 3.8) is 0 Å². The Morgan fingerprint density at radius 2 is 1.86 bits per heavy atom. The van der Waals surface area contributed by atoms with Crippen LogP contribution in [-0.4, -0.2) is 3.21 Å². The first kappa shape index (κ1) is 19.8. The summed E-state index contributed by atoms with van der Waals surface area (Å²) in [7, 11) is 0. The third-order valence-corrected chi connectivity index (χ3v) is 8.24. The number of hydrogen-bond donors (Lipinski definition) is 0. The van der Waals surface area contributed by atoms with Gasteiger partial charge in [-0.3, -0.25) is 0 Å². The van der Waals surface area contributed by atoms with Gasteiger partial charge in [-0.1, -0.05) is 0 Å². The molecular formula is C19H23Cl2Zr. The Morgan fingerprint density at radius 3 is 2.55 bits per heavy atom. The summed E-state index contributed by atoms with van der Waals surface area (Å²) in [6, 6.07) is 9.00. The SMILES string of the molecule is CCC1=C([C]2([Zr]=[C](C)C)C=Cc3ccccc32)CC=C1.Cl.Cl. The fourth-order valence-corrected chi connectivity index (χ4v) is 7.70. The average molecular weight is 414 g/mol. The first-order valence-electron chi connectivity index (χ1n) is 7.43. The van der Waals surface area contributed by atoms with Crippen LogP contribution in [0.4, 0.5) is 0 Å². The molecule has 2 aliphatic rings. The van der Waals surface area contributed by atoms with Crippen molar-refractivity contribution >= 4 is 34.1 Å². The zero-order valence-corrected chi connectivity index (χ0v) is 17.4. The van der Waals surface area contributed by atoms with E-state index in [9.17, 15) is 0 Å². The number of fused-ring (bicyclic) bond motifs is 1. The Kier molecular flexibility index (Phi) is 7.25. The second kappa shape index (κ2) is 8.05. The summed E-state index contributed by atoms with van der Waals surface area (Å²) in [4.78, 5) is 0. The molecule has 0 saturated carbocycles. The number of hydrogen-bond acceptors (Lipinski definition) is 0. The zero-order valence-electron chi connectivity index (χ0n) is 13.3. The molecule has 0 aliphatic heterocycles. The van der Waals surface area contributed by atoms with Crippen molar-refractivity contribution in [1.29, 1.82) is 0 Å². The second-order valence-corrected chi connectivity index (χ2v) is 10.8. The molecule has 1 aromatic carbocycles. The molecule has 2 aliphatic carbocycles. The molecule has 0 N–H and O–H groups in total. The average Bonchev–Trinajstić information content (AvgIpc) is 3.04. The van der Waals surface area contributed by atoms with E-state index in [1.165, 1.54) is 5.56 Å². The molecule has 1 atom stereocenters. The van der Waals surface area contributed by atoms with Crippen LogP contribution < -0.4 is 0 Å². The molecule has 3 rings (SSSR count). The monoisotopic (exact) mass is 411 g/mol. The Hall–Kier alpha value is -0.227. The molecular weight excluding hydrogens is 390 g/mol. The van der Waals surface area contributed by atoms with E-state index in [0.717, 1.165) is 12.8 Å². The van der Waals surface area contributed by atoms with Gasteiger partial charge in [0.2, 0.25) is 0 Å². The normalized spacial score (nSPS) is 21.0. The maximum atomic E-state index is 2.52. The zero-order chi connectivity index (χ0) is 14.2. The minimum Gasteiger partial charge on any atom is -0.147 e. The summed E-state index contributed by atoms with van der Waals surface area (Å²) in [5.74, 6) is 0. The van der Waals surface area contributed by atoms with Gasteiger partial charge in [0.1, 0.15) is 0 Å². The van der Waals surface area contributed by atoms with Gasteiger partial charge in [0.25, 0.3) is 0 Å². The van der Waals surface area contributed by atoms with E-state index in [0.29, 0.717) is 0 Å². The van der Waals surface area contributed by atoms with Crippen LogP contribution in [-0.2, 0) is 25.9 Å². The van der Waals surface area contributed by atoms with Crippen LogP contribution in [0.3, 0.4) is 0 Å². The minimum atomic E-state index is -0.658. The standard InChI is InChI=1S/C16H15.C3H6.2ClH.Zr/c1-2-12-7-5-9-14(12)16-11-10-13-6-3-4-8-15(13)16;1-3-2;;;/h3-8,10-11H,2,9H2,1H3;1-2H3;2*1H;. The van der Waals surface area contributed by atoms with E-state index in [1.54, 1.807) is 19.9 Å². The van der Waals surface area contributed by atoms with Crippen molar-refractivity contribution in [2.75, 3.05) is 0 Å². The molecule has 22 heavy (non-hydrogen) atoms. The van der Waals surface area contributed by atoms with Crippen LogP contribution in [0.1, 0.15) is 44.7 Å². The molecule has 0 aromatic heterocycles. The maximum absolute atomic E-state index is 2.52. The van der Waals surface area contributed by atoms with Crippen LogP contribution in [0.2, 0.25) is 0 Å². The van der Waals surface area contributed by atoms with Gasteiger partial charge in [-0.25, -0.2) is 0 Å². The topological polar surface area (TPSA) is 0 Å². The van der Waals surface area contributed by atoms with Crippen LogP contribution in [0.25, 0.3) is 6.08 Å². The van der Waals surface area contributed by atoms with Gasteiger partial charge in [0.05, 0.1) is 0 Å². The van der Waals surface area contributed by atoms with Gasteiger partial charge in [-0.15, -0.1) is 24.8 Å². The van der Waals surface area contributed by atoms with E-state index in [4.69, 9.17) is 0 Å². The quantitative estimate of drug-likeness (QED) is 0.595. The van der Waals surface area contributed by atoms with Crippen molar-refractivity contribution < 1.29 is 22.8 Å². The van der Waals surface area contributed by atoms with Crippen molar-refractivity contribution in [1.82, 2.24) is 0 Å². The molecule has 0 heterocycles. The Balaban J connectivity index is 0.00000121. The van der Waals surface area contributed by atoms with Crippen molar-refractivity contribution in [2.45, 2.75) is 36.7 Å². The molecule has 0 fully saturated rings. The number of allylic oxidation sites excluding steroid dienone is 5. The minimum absolute atomic E-state index is 0. The summed E-state index contributed by atoms with van der Waals surface area (Å²) in [6.07, 6.45) is 11.9. The van der Waals surface area contributed by atoms with Gasteiger partial charge in [-0.05, 0) is 0 Å². The van der Waals surface area contributed by atoms with E-state index in [2.05, 4.69) is 69.3 Å². The van der Waals surface area contributed by atoms with Gasteiger partial charge >= 0.3 is 134 Å². The van der Waals surface area contributed by atoms with Crippen LogP contribution in [0.15, 0.2) is 53.6 Å². The van der Waals surface area contributed by atoms with Crippen LogP contribution in [0.5, 0.6) is 0 Å². The van der Waals surface area contributed by atoms with Gasteiger partial charge in [-0.2, -0.15) is 0 Å². The molecule has 1 unspecified atom stereocenters. The molecule has 0 amide bonds. The fourth-order valence-electron chi connectivity index (χ4n) is 3.44. The molecule has 0 spiro atoms. The summed E-state index contributed by atoms with van der Waals surface area (Å²) in [5, 5.41) is 0. The van der Waals surface area contributed by atoms with Crippen molar-refractivity contribution in [3.8, 4) is 0 Å². The van der Waals surface area contributed by atoms with E-state index in [1.807, 2.05) is 0 Å². The molecule has 0 saturated heterocycles. The van der Waals surface area contributed by atoms with E-state index in [-0.39, 0.29) is 27.9 Å². The van der Waals surface area contributed by atoms with Crippen molar-refractivity contribution in [2.24, 2.45) is 0 Å². The molecule has 1 aromatic rings. The van der Waals surface area contributed by atoms with Crippen molar-refractivity contribution in [3.05, 3.63) is 64.8 Å². The molecule has 0 radical (unpaired) electrons. The first-order valence-corrected chi connectivity index (χ1v) is 9.89. The van der Waals surface area contributed by atoms with Crippen LogP contribution >= 0.6 is 24.8 Å². The summed E-state index contributed by atoms with van der Waals surface area (Å²) < 4.78 is 1.94. The van der Waals surface area contributed by atoms with E-state index < -0.39 is 22.8 Å². The fraction of sp³-hybridized carbons (Fsp3) is 0.316. The molecule has 0 bridgehead atoms. The Labute approximate surface area is 157 Å². The third kappa shape index (κ3) is 3.33. The summed E-state index contributed by atoms with van der Waals surface area (Å²) in [6.45, 7) is 6.95. The Bertz CT molecular complexity index is 664. The molecule has 3 heteroatoms. The summed E-state index contributed by atoms with van der Waals surface area (Å²) in [5.41, 5.74) is 6.27. The Morgan fingerprint density at radius 1 is 1.14 bits per heavy atom. The number of rotatable bonds is 3.